The molecule has 0 radical (unpaired) electrons. The average molecular weight is 457 g/mol. The quantitative estimate of drug-likeness (QED) is 0.677. The van der Waals surface area contributed by atoms with Gasteiger partial charge < -0.3 is 19.9 Å². The first-order valence-electron chi connectivity index (χ1n) is 11.3. The van der Waals surface area contributed by atoms with Crippen molar-refractivity contribution in [3.05, 3.63) is 46.7 Å². The van der Waals surface area contributed by atoms with Crippen LogP contribution < -0.4 is 15.0 Å². The molecule has 0 saturated carbocycles. The van der Waals surface area contributed by atoms with E-state index in [1.54, 1.807) is 23.3 Å². The van der Waals surface area contributed by atoms with Crippen molar-refractivity contribution in [2.75, 3.05) is 51.3 Å². The number of ether oxygens (including phenoxy) is 1. The number of carbonyl (C=O) groups excluding carboxylic acids is 2. The largest absolute Gasteiger partial charge is 0.497 e. The number of hydrogen-bond donors (Lipinski definition) is 1. The Balaban J connectivity index is 1.41. The predicted octanol–water partition coefficient (Wildman–Crippen LogP) is 2.75. The number of rotatable bonds is 6. The summed E-state index contributed by atoms with van der Waals surface area (Å²) < 4.78 is 5.27. The molecule has 2 aliphatic heterocycles. The van der Waals surface area contributed by atoms with Gasteiger partial charge in [-0.2, -0.15) is 0 Å². The molecule has 1 N–H and O–H groups in total. The first-order valence-corrected chi connectivity index (χ1v) is 12.2. The van der Waals surface area contributed by atoms with E-state index >= 15 is 0 Å². The summed E-state index contributed by atoms with van der Waals surface area (Å²) in [5.41, 5.74) is 1.19. The lowest BCUT2D eigenvalue weighted by Gasteiger charge is -2.42. The third-order valence-corrected chi connectivity index (χ3v) is 7.34. The van der Waals surface area contributed by atoms with Gasteiger partial charge in [-0.25, -0.2) is 0 Å². The summed E-state index contributed by atoms with van der Waals surface area (Å²) >= 11 is 1.70. The Hall–Kier alpha value is -2.58. The summed E-state index contributed by atoms with van der Waals surface area (Å²) in [5.74, 6) is -0.0281. The molecule has 0 bridgehead atoms. The highest BCUT2D eigenvalue weighted by molar-refractivity contribution is 7.10. The van der Waals surface area contributed by atoms with Crippen molar-refractivity contribution in [2.24, 2.45) is 0 Å². The summed E-state index contributed by atoms with van der Waals surface area (Å²) in [6.07, 6.45) is 1.95. The zero-order valence-electron chi connectivity index (χ0n) is 18.8. The van der Waals surface area contributed by atoms with Crippen molar-refractivity contribution in [1.29, 1.82) is 0 Å². The van der Waals surface area contributed by atoms with E-state index in [0.717, 1.165) is 44.8 Å². The van der Waals surface area contributed by atoms with Gasteiger partial charge in [-0.3, -0.25) is 14.5 Å². The lowest BCUT2D eigenvalue weighted by atomic mass is 10.0. The van der Waals surface area contributed by atoms with Gasteiger partial charge in [0.1, 0.15) is 5.75 Å². The van der Waals surface area contributed by atoms with Crippen LogP contribution in [-0.2, 0) is 9.59 Å². The highest BCUT2D eigenvalue weighted by Crippen LogP contribution is 2.30. The van der Waals surface area contributed by atoms with E-state index in [4.69, 9.17) is 4.74 Å². The molecular formula is C24H32N4O3S. The highest BCUT2D eigenvalue weighted by atomic mass is 32.1. The Kier molecular flexibility index (Phi) is 7.32. The van der Waals surface area contributed by atoms with E-state index in [1.807, 2.05) is 25.1 Å². The number of likely N-dealkylation sites (tertiary alicyclic amines) is 1. The molecule has 7 nitrogen and oxygen atoms in total. The molecular weight excluding hydrogens is 424 g/mol. The van der Waals surface area contributed by atoms with E-state index in [-0.39, 0.29) is 12.1 Å². The van der Waals surface area contributed by atoms with Gasteiger partial charge in [0.25, 0.3) is 0 Å². The maximum atomic E-state index is 12.7. The molecule has 2 saturated heterocycles. The minimum atomic E-state index is -0.488. The van der Waals surface area contributed by atoms with E-state index in [2.05, 4.69) is 38.7 Å². The average Bonchev–Trinajstić information content (AvgIpc) is 3.54. The zero-order chi connectivity index (χ0) is 22.5. The van der Waals surface area contributed by atoms with Gasteiger partial charge in [-0.05, 0) is 55.5 Å². The second kappa shape index (κ2) is 10.4. The maximum absolute atomic E-state index is 12.7. The lowest BCUT2D eigenvalue weighted by molar-refractivity contribution is -0.145. The van der Waals surface area contributed by atoms with Crippen molar-refractivity contribution in [2.45, 2.75) is 31.8 Å². The van der Waals surface area contributed by atoms with Crippen LogP contribution in [0, 0.1) is 0 Å². The van der Waals surface area contributed by atoms with Crippen LogP contribution >= 0.6 is 11.3 Å². The summed E-state index contributed by atoms with van der Waals surface area (Å²) in [7, 11) is 1.68. The molecule has 4 rings (SSSR count). The van der Waals surface area contributed by atoms with E-state index in [0.29, 0.717) is 13.1 Å². The predicted molar refractivity (Wildman–Crippen MR) is 127 cm³/mol. The Morgan fingerprint density at radius 3 is 2.28 bits per heavy atom. The van der Waals surface area contributed by atoms with Crippen LogP contribution in [0.4, 0.5) is 5.69 Å². The van der Waals surface area contributed by atoms with Crippen molar-refractivity contribution in [1.82, 2.24) is 15.1 Å². The first-order chi connectivity index (χ1) is 15.6. The Morgan fingerprint density at radius 2 is 1.69 bits per heavy atom. The maximum Gasteiger partial charge on any atom is 0.311 e. The monoisotopic (exact) mass is 456 g/mol. The molecule has 2 aliphatic rings. The molecule has 2 atom stereocenters. The van der Waals surface area contributed by atoms with Crippen LogP contribution in [0.15, 0.2) is 41.8 Å². The Morgan fingerprint density at radius 1 is 1.00 bits per heavy atom. The van der Waals surface area contributed by atoms with Gasteiger partial charge in [0.2, 0.25) is 0 Å². The molecule has 2 amide bonds. The van der Waals surface area contributed by atoms with E-state index in [9.17, 15) is 9.59 Å². The molecule has 8 heteroatoms. The van der Waals surface area contributed by atoms with Gasteiger partial charge in [-0.15, -0.1) is 11.3 Å². The number of amides is 2. The number of nitrogens with one attached hydrogen (secondary N) is 1. The fourth-order valence-electron chi connectivity index (χ4n) is 4.66. The molecule has 0 spiro atoms. The smallest absolute Gasteiger partial charge is 0.311 e. The molecule has 32 heavy (non-hydrogen) atoms. The Labute approximate surface area is 193 Å². The van der Waals surface area contributed by atoms with Gasteiger partial charge in [0, 0.05) is 55.9 Å². The van der Waals surface area contributed by atoms with Gasteiger partial charge in [0.05, 0.1) is 13.2 Å². The molecule has 1 aromatic carbocycles. The molecule has 1 aromatic heterocycles. The van der Waals surface area contributed by atoms with Crippen LogP contribution in [-0.4, -0.2) is 74.0 Å². The second-order valence-corrected chi connectivity index (χ2v) is 9.42. The normalized spacial score (nSPS) is 18.9. The summed E-state index contributed by atoms with van der Waals surface area (Å²) in [6.45, 7) is 6.95. The first kappa shape index (κ1) is 22.6. The van der Waals surface area contributed by atoms with Crippen molar-refractivity contribution < 1.29 is 14.3 Å². The summed E-state index contributed by atoms with van der Waals surface area (Å²) in [6, 6.07) is 12.2. The zero-order valence-corrected chi connectivity index (χ0v) is 19.6. The van der Waals surface area contributed by atoms with Crippen LogP contribution in [0.25, 0.3) is 0 Å². The minimum Gasteiger partial charge on any atom is -0.497 e. The van der Waals surface area contributed by atoms with Crippen LogP contribution in [0.2, 0.25) is 0 Å². The molecule has 0 aliphatic carbocycles. The fraction of sp³-hybridized carbons (Fsp3) is 0.500. The molecule has 3 heterocycles. The number of anilines is 1. The van der Waals surface area contributed by atoms with Gasteiger partial charge in [-0.1, -0.05) is 6.07 Å². The summed E-state index contributed by atoms with van der Waals surface area (Å²) in [5, 5.41) is 5.07. The number of carbonyl (C=O) groups is 2. The number of methoxy groups -OCH3 is 1. The number of piperazine rings is 1. The SMILES string of the molecule is COc1ccc(N2CCN([C@@H](c3cccs3)[C@@H](C)NC(=O)C(=O)N3CCCC3)CC2)cc1. The van der Waals surface area contributed by atoms with Crippen molar-refractivity contribution in [3.8, 4) is 5.75 Å². The highest BCUT2D eigenvalue weighted by Gasteiger charge is 2.33. The third-order valence-electron chi connectivity index (χ3n) is 6.40. The number of thiophene rings is 1. The third kappa shape index (κ3) is 5.07. The molecule has 2 aromatic rings. The van der Waals surface area contributed by atoms with Gasteiger partial charge >= 0.3 is 11.8 Å². The van der Waals surface area contributed by atoms with Gasteiger partial charge in [0.15, 0.2) is 0 Å². The molecule has 0 unspecified atom stereocenters. The van der Waals surface area contributed by atoms with E-state index < -0.39 is 11.8 Å². The molecule has 2 fully saturated rings. The second-order valence-electron chi connectivity index (χ2n) is 8.44. The Bertz CT molecular complexity index is 888. The van der Waals surface area contributed by atoms with Crippen molar-refractivity contribution >= 4 is 28.8 Å². The fourth-order valence-corrected chi connectivity index (χ4v) is 5.63. The van der Waals surface area contributed by atoms with Crippen LogP contribution in [0.3, 0.4) is 0 Å². The van der Waals surface area contributed by atoms with Crippen LogP contribution in [0.5, 0.6) is 5.75 Å². The lowest BCUT2D eigenvalue weighted by Crippen LogP contribution is -2.54. The minimum absolute atomic E-state index is 0.0448. The number of nitrogens with zero attached hydrogens (tertiary/aromatic N) is 3. The summed E-state index contributed by atoms with van der Waals surface area (Å²) in [4.78, 5) is 32.8. The van der Waals surface area contributed by atoms with Crippen LogP contribution in [0.1, 0.15) is 30.7 Å². The van der Waals surface area contributed by atoms with Crippen molar-refractivity contribution in [3.63, 3.8) is 0 Å². The molecule has 172 valence electrons. The van der Waals surface area contributed by atoms with E-state index in [1.165, 1.54) is 10.6 Å². The standard InChI is InChI=1S/C24H32N4O3S/c1-18(25-23(29)24(30)28-11-3-4-12-28)22(21-6-5-17-32-21)27-15-13-26(14-16-27)19-7-9-20(31-2)10-8-19/h5-10,17-18,22H,3-4,11-16H2,1-2H3,(H,25,29)/t18-,22-/m1/s1. The number of hydrogen-bond acceptors (Lipinski definition) is 6. The number of benzene rings is 1. The topological polar surface area (TPSA) is 65.1 Å².